The normalized spacial score (nSPS) is 11.3. The molecule has 0 bridgehead atoms. The molecule has 0 aliphatic carbocycles. The summed E-state index contributed by atoms with van der Waals surface area (Å²) in [6, 6.07) is 9.28. The maximum atomic E-state index is 13.8. The summed E-state index contributed by atoms with van der Waals surface area (Å²) in [6.45, 7) is 5.86. The molecule has 9 heteroatoms. The molecule has 0 atom stereocenters. The third-order valence-corrected chi connectivity index (χ3v) is 4.92. The molecule has 0 saturated carbocycles. The van der Waals surface area contributed by atoms with Crippen molar-refractivity contribution in [2.24, 2.45) is 0 Å². The van der Waals surface area contributed by atoms with Gasteiger partial charge in [-0.15, -0.1) is 11.6 Å². The number of nitrogens with zero attached hydrogens (tertiary/aromatic N) is 1. The zero-order chi connectivity index (χ0) is 25.5. The molecule has 0 fully saturated rings. The third-order valence-electron chi connectivity index (χ3n) is 4.68. The Balaban J connectivity index is 0.00000199. The van der Waals surface area contributed by atoms with Crippen LogP contribution < -0.4 is 5.32 Å². The van der Waals surface area contributed by atoms with Gasteiger partial charge in [0.15, 0.2) is 0 Å². The van der Waals surface area contributed by atoms with Crippen LogP contribution in [0.4, 0.5) is 27.6 Å². The van der Waals surface area contributed by atoms with Gasteiger partial charge >= 0.3 is 6.18 Å². The van der Waals surface area contributed by atoms with E-state index in [4.69, 9.17) is 11.6 Å². The van der Waals surface area contributed by atoms with E-state index in [0.29, 0.717) is 12.1 Å². The Morgan fingerprint density at radius 3 is 2.15 bits per heavy atom. The van der Waals surface area contributed by atoms with E-state index in [-0.39, 0.29) is 22.9 Å². The van der Waals surface area contributed by atoms with Crippen molar-refractivity contribution in [1.82, 2.24) is 4.57 Å². The zero-order valence-electron chi connectivity index (χ0n) is 18.8. The van der Waals surface area contributed by atoms with Gasteiger partial charge in [-0.1, -0.05) is 45.0 Å². The van der Waals surface area contributed by atoms with E-state index in [1.165, 1.54) is 28.8 Å². The van der Waals surface area contributed by atoms with Crippen molar-refractivity contribution in [2.45, 2.75) is 39.4 Å². The number of nitrogens with one attached hydrogen (secondary N) is 1. The highest BCUT2D eigenvalue weighted by Crippen LogP contribution is 2.40. The number of benzene rings is 2. The fourth-order valence-corrected chi connectivity index (χ4v) is 3.48. The van der Waals surface area contributed by atoms with Crippen molar-refractivity contribution >= 4 is 29.3 Å². The Morgan fingerprint density at radius 1 is 1.06 bits per heavy atom. The monoisotopic (exact) mass is 498 g/mol. The average Bonchev–Trinajstić information content (AvgIpc) is 3.18. The second-order valence-electron chi connectivity index (χ2n) is 6.82. The van der Waals surface area contributed by atoms with Gasteiger partial charge in [-0.3, -0.25) is 4.79 Å². The number of alkyl halides is 4. The summed E-state index contributed by atoms with van der Waals surface area (Å²) in [5.41, 5.74) is -1.05. The fourth-order valence-electron chi connectivity index (χ4n) is 3.22. The van der Waals surface area contributed by atoms with E-state index in [1.54, 1.807) is 12.2 Å². The Labute approximate surface area is 199 Å². The van der Waals surface area contributed by atoms with E-state index in [9.17, 15) is 26.7 Å². The molecule has 1 aromatic heterocycles. The van der Waals surface area contributed by atoms with Gasteiger partial charge in [0.05, 0.1) is 17.3 Å². The van der Waals surface area contributed by atoms with E-state index >= 15 is 0 Å². The molecule has 182 valence electrons. The van der Waals surface area contributed by atoms with Gasteiger partial charge in [-0.2, -0.15) is 13.2 Å². The Morgan fingerprint density at radius 2 is 1.65 bits per heavy atom. The van der Waals surface area contributed by atoms with Crippen molar-refractivity contribution in [3.8, 4) is 11.3 Å². The highest BCUT2D eigenvalue weighted by Gasteiger charge is 2.37. The molecule has 3 aromatic rings. The minimum absolute atomic E-state index is 0.124. The molecular weight excluding hydrogens is 475 g/mol. The summed E-state index contributed by atoms with van der Waals surface area (Å²) in [5.74, 6) is -3.07. The standard InChI is InChI=1S/C23H18ClF5N2O.C2H6/c1-2-3-5-16-12-17(23(27,28)29)21(31(16)13-24)14-8-10-15(11-9-14)30-22(32)20-18(25)6-4-7-19(20)26;1-2/h3-12H,2,13H2,1H3,(H,30,32);1-2H3/b5-3-;. The van der Waals surface area contributed by atoms with E-state index in [2.05, 4.69) is 5.32 Å². The smallest absolute Gasteiger partial charge is 0.326 e. The lowest BCUT2D eigenvalue weighted by molar-refractivity contribution is -0.137. The minimum Gasteiger partial charge on any atom is -0.326 e. The Bertz CT molecular complexity index is 1130. The maximum Gasteiger partial charge on any atom is 0.418 e. The number of carbonyl (C=O) groups is 1. The van der Waals surface area contributed by atoms with E-state index < -0.39 is 34.8 Å². The van der Waals surface area contributed by atoms with Crippen LogP contribution in [0.2, 0.25) is 0 Å². The van der Waals surface area contributed by atoms with Gasteiger partial charge in [-0.25, -0.2) is 8.78 Å². The maximum absolute atomic E-state index is 13.8. The molecule has 2 aromatic carbocycles. The topological polar surface area (TPSA) is 34.0 Å². The first-order chi connectivity index (χ1) is 16.2. The molecule has 34 heavy (non-hydrogen) atoms. The molecule has 0 radical (unpaired) electrons. The molecule has 0 spiro atoms. The molecular formula is C25H24ClF5N2O. The molecule has 3 rings (SSSR count). The van der Waals surface area contributed by atoms with Crippen molar-refractivity contribution in [3.05, 3.63) is 83.1 Å². The van der Waals surface area contributed by atoms with Crippen molar-refractivity contribution < 1.29 is 26.7 Å². The number of allylic oxidation sites excluding steroid dienone is 1. The summed E-state index contributed by atoms with van der Waals surface area (Å²) in [7, 11) is 0. The summed E-state index contributed by atoms with van der Waals surface area (Å²) >= 11 is 5.96. The molecule has 0 aliphatic heterocycles. The lowest BCUT2D eigenvalue weighted by atomic mass is 10.1. The Hall–Kier alpha value is -3.13. The number of carbonyl (C=O) groups excluding carboxylic acids is 1. The summed E-state index contributed by atoms with van der Waals surface area (Å²) < 4.78 is 70.0. The van der Waals surface area contributed by atoms with Crippen molar-refractivity contribution in [3.63, 3.8) is 0 Å². The first-order valence-electron chi connectivity index (χ1n) is 10.6. The number of hydrogen-bond donors (Lipinski definition) is 1. The van der Waals surface area contributed by atoms with Crippen LogP contribution in [-0.4, -0.2) is 10.5 Å². The molecule has 3 nitrogen and oxygen atoms in total. The number of rotatable bonds is 6. The van der Waals surface area contributed by atoms with Crippen LogP contribution in [0, 0.1) is 11.6 Å². The first-order valence-corrected chi connectivity index (χ1v) is 11.1. The number of aromatic nitrogens is 1. The van der Waals surface area contributed by atoms with Crippen LogP contribution in [-0.2, 0) is 12.2 Å². The van der Waals surface area contributed by atoms with Crippen LogP contribution in [0.1, 0.15) is 48.8 Å². The van der Waals surface area contributed by atoms with Gasteiger partial charge in [0.25, 0.3) is 5.91 Å². The van der Waals surface area contributed by atoms with Gasteiger partial charge in [0.2, 0.25) is 0 Å². The van der Waals surface area contributed by atoms with Crippen LogP contribution in [0.25, 0.3) is 17.3 Å². The van der Waals surface area contributed by atoms with Crippen molar-refractivity contribution in [1.29, 1.82) is 0 Å². The van der Waals surface area contributed by atoms with Gasteiger partial charge in [0, 0.05) is 11.4 Å². The molecule has 0 aliphatic rings. The fraction of sp³-hybridized carbons (Fsp3) is 0.240. The van der Waals surface area contributed by atoms with Crippen LogP contribution in [0.5, 0.6) is 0 Å². The SMILES string of the molecule is CC.CC/C=C\c1cc(C(F)(F)F)c(-c2ccc(NC(=O)c3c(F)cccc3F)cc2)n1CCl. The second kappa shape index (κ2) is 11.8. The largest absolute Gasteiger partial charge is 0.418 e. The van der Waals surface area contributed by atoms with Gasteiger partial charge < -0.3 is 9.88 Å². The zero-order valence-corrected chi connectivity index (χ0v) is 19.6. The quantitative estimate of drug-likeness (QED) is 0.269. The summed E-state index contributed by atoms with van der Waals surface area (Å²) in [5, 5.41) is 2.34. The van der Waals surface area contributed by atoms with Crippen LogP contribution in [0.15, 0.2) is 54.6 Å². The first kappa shape index (κ1) is 27.1. The summed E-state index contributed by atoms with van der Waals surface area (Å²) in [6.07, 6.45) is -0.681. The lowest BCUT2D eigenvalue weighted by Gasteiger charge is -2.13. The highest BCUT2D eigenvalue weighted by atomic mass is 35.5. The lowest BCUT2D eigenvalue weighted by Crippen LogP contribution is -2.15. The van der Waals surface area contributed by atoms with E-state index in [0.717, 1.165) is 24.3 Å². The minimum atomic E-state index is -4.61. The Kier molecular flexibility index (Phi) is 9.44. The molecule has 0 unspecified atom stereocenters. The van der Waals surface area contributed by atoms with Crippen LogP contribution >= 0.6 is 11.6 Å². The van der Waals surface area contributed by atoms with Crippen molar-refractivity contribution in [2.75, 3.05) is 5.32 Å². The van der Waals surface area contributed by atoms with Gasteiger partial charge in [-0.05, 0) is 48.4 Å². The predicted octanol–water partition coefficient (Wildman–Crippen LogP) is 8.35. The molecule has 1 N–H and O–H groups in total. The predicted molar refractivity (Wildman–Crippen MR) is 126 cm³/mol. The average molecular weight is 499 g/mol. The molecule has 0 saturated heterocycles. The molecule has 1 heterocycles. The summed E-state index contributed by atoms with van der Waals surface area (Å²) in [4.78, 5) is 12.2. The number of anilines is 1. The number of hydrogen-bond acceptors (Lipinski definition) is 1. The van der Waals surface area contributed by atoms with Crippen LogP contribution in [0.3, 0.4) is 0 Å². The van der Waals surface area contributed by atoms with Gasteiger partial charge in [0.1, 0.15) is 17.2 Å². The third kappa shape index (κ3) is 6.05. The second-order valence-corrected chi connectivity index (χ2v) is 7.05. The number of amides is 1. The van der Waals surface area contributed by atoms with E-state index in [1.807, 2.05) is 20.8 Å². The highest BCUT2D eigenvalue weighted by molar-refractivity contribution is 6.15. The number of halogens is 6. The molecule has 1 amide bonds.